The van der Waals surface area contributed by atoms with Gasteiger partial charge in [-0.05, 0) is 6.92 Å². The van der Waals surface area contributed by atoms with Crippen molar-refractivity contribution in [1.82, 2.24) is 0 Å². The van der Waals surface area contributed by atoms with Crippen LogP contribution in [0.4, 0.5) is 0 Å². The van der Waals surface area contributed by atoms with E-state index in [0.29, 0.717) is 0 Å². The third kappa shape index (κ3) is 1.52. The van der Waals surface area contributed by atoms with E-state index < -0.39 is 24.1 Å². The summed E-state index contributed by atoms with van der Waals surface area (Å²) in [5, 5.41) is 36.3. The third-order valence-electron chi connectivity index (χ3n) is 1.81. The van der Waals surface area contributed by atoms with Crippen LogP contribution in [0.1, 0.15) is 6.92 Å². The van der Waals surface area contributed by atoms with Gasteiger partial charge in [-0.3, -0.25) is 0 Å². The molecule has 1 aliphatic heterocycles. The van der Waals surface area contributed by atoms with E-state index in [1.165, 1.54) is 6.92 Å². The van der Waals surface area contributed by atoms with E-state index in [9.17, 15) is 5.11 Å². The Morgan fingerprint density at radius 2 is 1.91 bits per heavy atom. The van der Waals surface area contributed by atoms with Gasteiger partial charge in [0.2, 0.25) is 0 Å². The third-order valence-corrected chi connectivity index (χ3v) is 1.81. The van der Waals surface area contributed by atoms with E-state index in [1.807, 2.05) is 0 Å². The fraction of sp³-hybridized carbons (Fsp3) is 1.00. The highest BCUT2D eigenvalue weighted by atomic mass is 16.6. The van der Waals surface area contributed by atoms with Crippen molar-refractivity contribution in [3.63, 3.8) is 0 Å². The van der Waals surface area contributed by atoms with E-state index in [-0.39, 0.29) is 6.61 Å². The van der Waals surface area contributed by atoms with Crippen molar-refractivity contribution >= 4 is 0 Å². The summed E-state index contributed by atoms with van der Waals surface area (Å²) in [6.07, 6.45) is -3.95. The zero-order chi connectivity index (χ0) is 8.65. The molecule has 1 saturated heterocycles. The average Bonchev–Trinajstić information content (AvgIpc) is 1.95. The Morgan fingerprint density at radius 1 is 1.36 bits per heavy atom. The van der Waals surface area contributed by atoms with E-state index in [1.54, 1.807) is 0 Å². The highest BCUT2D eigenvalue weighted by Crippen LogP contribution is 2.22. The van der Waals surface area contributed by atoms with Crippen LogP contribution in [0.5, 0.6) is 0 Å². The van der Waals surface area contributed by atoms with Crippen molar-refractivity contribution in [2.45, 2.75) is 31.0 Å². The van der Waals surface area contributed by atoms with E-state index in [0.717, 1.165) is 0 Å². The van der Waals surface area contributed by atoms with Gasteiger partial charge in [0.1, 0.15) is 18.3 Å². The standard InChI is InChI=1S/C6H12O5/c1-6(10)5(9)4(8)3(7)2-11-6/h3-5,7-10H,2H2,1H3/t3-,4+,5+,6?/m1/s1. The van der Waals surface area contributed by atoms with Crippen LogP contribution >= 0.6 is 0 Å². The molecule has 5 heteroatoms. The lowest BCUT2D eigenvalue weighted by atomic mass is 9.98. The van der Waals surface area contributed by atoms with E-state index in [4.69, 9.17) is 15.3 Å². The molecule has 0 spiro atoms. The van der Waals surface area contributed by atoms with Gasteiger partial charge < -0.3 is 25.2 Å². The van der Waals surface area contributed by atoms with Gasteiger partial charge in [-0.2, -0.15) is 0 Å². The molecule has 1 rings (SSSR count). The smallest absolute Gasteiger partial charge is 0.191 e. The predicted octanol–water partition coefficient (Wildman–Crippen LogP) is -2.19. The van der Waals surface area contributed by atoms with Crippen molar-refractivity contribution in [1.29, 1.82) is 0 Å². The summed E-state index contributed by atoms with van der Waals surface area (Å²) in [4.78, 5) is 0. The molecule has 4 N–H and O–H groups in total. The average molecular weight is 164 g/mol. The molecule has 0 radical (unpaired) electrons. The molecule has 0 aromatic carbocycles. The van der Waals surface area contributed by atoms with Crippen LogP contribution in [0.15, 0.2) is 0 Å². The first-order chi connectivity index (χ1) is 4.95. The highest BCUT2D eigenvalue weighted by molar-refractivity contribution is 4.88. The van der Waals surface area contributed by atoms with Gasteiger partial charge in [-0.15, -0.1) is 0 Å². The molecular formula is C6H12O5. The fourth-order valence-corrected chi connectivity index (χ4v) is 0.965. The summed E-state index contributed by atoms with van der Waals surface area (Å²) in [5.41, 5.74) is 0. The molecular weight excluding hydrogens is 152 g/mol. The molecule has 1 fully saturated rings. The summed E-state index contributed by atoms with van der Waals surface area (Å²) in [6, 6.07) is 0. The second-order valence-electron chi connectivity index (χ2n) is 2.87. The van der Waals surface area contributed by atoms with E-state index >= 15 is 0 Å². The first-order valence-corrected chi connectivity index (χ1v) is 3.35. The molecule has 0 bridgehead atoms. The molecule has 0 aromatic heterocycles. The molecule has 4 atom stereocenters. The van der Waals surface area contributed by atoms with Gasteiger partial charge >= 0.3 is 0 Å². The minimum Gasteiger partial charge on any atom is -0.388 e. The van der Waals surface area contributed by atoms with Crippen molar-refractivity contribution in [2.75, 3.05) is 6.61 Å². The zero-order valence-electron chi connectivity index (χ0n) is 6.14. The van der Waals surface area contributed by atoms with Crippen LogP contribution < -0.4 is 0 Å². The molecule has 11 heavy (non-hydrogen) atoms. The zero-order valence-corrected chi connectivity index (χ0v) is 6.14. The van der Waals surface area contributed by atoms with Gasteiger partial charge in [0.15, 0.2) is 5.79 Å². The minimum absolute atomic E-state index is 0.175. The number of rotatable bonds is 0. The predicted molar refractivity (Wildman–Crippen MR) is 34.6 cm³/mol. The lowest BCUT2D eigenvalue weighted by Crippen LogP contribution is -2.59. The second-order valence-corrected chi connectivity index (χ2v) is 2.87. The lowest BCUT2D eigenvalue weighted by molar-refractivity contribution is -0.312. The lowest BCUT2D eigenvalue weighted by Gasteiger charge is -2.39. The summed E-state index contributed by atoms with van der Waals surface area (Å²) in [6.45, 7) is 1.05. The Hall–Kier alpha value is -0.200. The number of hydrogen-bond donors (Lipinski definition) is 4. The van der Waals surface area contributed by atoms with Crippen LogP contribution in [0.2, 0.25) is 0 Å². The highest BCUT2D eigenvalue weighted by Gasteiger charge is 2.44. The Kier molecular flexibility index (Phi) is 2.17. The van der Waals surface area contributed by atoms with Crippen LogP contribution in [0, 0.1) is 0 Å². The molecule has 0 saturated carbocycles. The Bertz CT molecular complexity index is 146. The van der Waals surface area contributed by atoms with Gasteiger partial charge in [-0.1, -0.05) is 0 Å². The van der Waals surface area contributed by atoms with Crippen molar-refractivity contribution < 1.29 is 25.2 Å². The topological polar surface area (TPSA) is 90.2 Å². The summed E-state index contributed by atoms with van der Waals surface area (Å²) in [7, 11) is 0. The number of hydrogen-bond acceptors (Lipinski definition) is 5. The van der Waals surface area contributed by atoms with Crippen LogP contribution in [-0.2, 0) is 4.74 Å². The Balaban J connectivity index is 2.67. The van der Waals surface area contributed by atoms with Gasteiger partial charge in [-0.25, -0.2) is 0 Å². The van der Waals surface area contributed by atoms with Crippen molar-refractivity contribution in [3.8, 4) is 0 Å². The second kappa shape index (κ2) is 2.69. The monoisotopic (exact) mass is 164 g/mol. The maximum atomic E-state index is 9.19. The molecule has 1 unspecified atom stereocenters. The molecule has 0 amide bonds. The normalized spacial score (nSPS) is 52.6. The van der Waals surface area contributed by atoms with E-state index in [2.05, 4.69) is 4.74 Å². The van der Waals surface area contributed by atoms with Gasteiger partial charge in [0.25, 0.3) is 0 Å². The maximum absolute atomic E-state index is 9.19. The quantitative estimate of drug-likeness (QED) is 0.326. The van der Waals surface area contributed by atoms with Crippen molar-refractivity contribution in [2.24, 2.45) is 0 Å². The molecule has 1 aliphatic rings. The molecule has 5 nitrogen and oxygen atoms in total. The fourth-order valence-electron chi connectivity index (χ4n) is 0.965. The van der Waals surface area contributed by atoms with Crippen LogP contribution in [0.25, 0.3) is 0 Å². The van der Waals surface area contributed by atoms with Crippen LogP contribution in [0.3, 0.4) is 0 Å². The Morgan fingerprint density at radius 3 is 2.36 bits per heavy atom. The number of aliphatic hydroxyl groups is 4. The molecule has 0 aliphatic carbocycles. The number of aliphatic hydroxyl groups excluding tert-OH is 3. The maximum Gasteiger partial charge on any atom is 0.191 e. The van der Waals surface area contributed by atoms with Gasteiger partial charge in [0, 0.05) is 0 Å². The summed E-state index contributed by atoms with van der Waals surface area (Å²) in [5.74, 6) is -1.77. The molecule has 1 heterocycles. The SMILES string of the molecule is CC1(O)OC[C@@H](O)[C@H](O)[C@@H]1O. The molecule has 0 aromatic rings. The van der Waals surface area contributed by atoms with Gasteiger partial charge in [0.05, 0.1) is 6.61 Å². The first kappa shape index (κ1) is 8.89. The summed E-state index contributed by atoms with van der Waals surface area (Å²) < 4.78 is 4.66. The minimum atomic E-state index is -1.77. The van der Waals surface area contributed by atoms with Crippen molar-refractivity contribution in [3.05, 3.63) is 0 Å². The number of ether oxygens (including phenoxy) is 1. The largest absolute Gasteiger partial charge is 0.388 e. The molecule has 66 valence electrons. The first-order valence-electron chi connectivity index (χ1n) is 3.35. The summed E-state index contributed by atoms with van der Waals surface area (Å²) >= 11 is 0. The van der Waals surface area contributed by atoms with Crippen LogP contribution in [-0.4, -0.2) is 51.1 Å². The Labute approximate surface area is 63.8 Å².